The molecule has 0 saturated heterocycles. The van der Waals surface area contributed by atoms with Gasteiger partial charge in [-0.2, -0.15) is 0 Å². The number of nitrogens with one attached hydrogen (secondary N) is 1. The van der Waals surface area contributed by atoms with Crippen molar-refractivity contribution in [1.82, 2.24) is 10.2 Å². The minimum Gasteiger partial charge on any atom is -0.300 e. The number of hydrogen-bond donors (Lipinski definition) is 1. The fourth-order valence-electron chi connectivity index (χ4n) is 1.49. The predicted molar refractivity (Wildman–Crippen MR) is 92.5 cm³/mol. The normalized spacial score (nSPS) is 10.7. The minimum absolute atomic E-state index is 0.177. The van der Waals surface area contributed by atoms with E-state index in [2.05, 4.69) is 15.5 Å². The van der Waals surface area contributed by atoms with Crippen molar-refractivity contribution >= 4 is 57.5 Å². The zero-order chi connectivity index (χ0) is 15.9. The molecular formula is C13H13ClFN3OS3. The average Bonchev–Trinajstić information content (AvgIpc) is 2.89. The van der Waals surface area contributed by atoms with E-state index < -0.39 is 0 Å². The van der Waals surface area contributed by atoms with Crippen molar-refractivity contribution in [2.75, 3.05) is 16.8 Å². The van der Waals surface area contributed by atoms with Gasteiger partial charge in [-0.05, 0) is 23.4 Å². The summed E-state index contributed by atoms with van der Waals surface area (Å²) in [5.74, 6) is 1.00. The van der Waals surface area contributed by atoms with Crippen LogP contribution in [0.4, 0.5) is 9.52 Å². The second kappa shape index (κ2) is 8.71. The van der Waals surface area contributed by atoms with Gasteiger partial charge in [0.2, 0.25) is 11.0 Å². The van der Waals surface area contributed by atoms with Gasteiger partial charge in [-0.15, -0.1) is 22.0 Å². The second-order valence-corrected chi connectivity index (χ2v) is 7.99. The summed E-state index contributed by atoms with van der Waals surface area (Å²) in [6.45, 7) is 2.02. The van der Waals surface area contributed by atoms with Crippen LogP contribution < -0.4 is 5.32 Å². The van der Waals surface area contributed by atoms with Crippen LogP contribution in [0.25, 0.3) is 0 Å². The average molecular weight is 378 g/mol. The van der Waals surface area contributed by atoms with Gasteiger partial charge in [0.25, 0.3) is 0 Å². The van der Waals surface area contributed by atoms with Crippen molar-refractivity contribution < 1.29 is 9.18 Å². The summed E-state index contributed by atoms with van der Waals surface area (Å²) in [6.07, 6.45) is 0. The lowest BCUT2D eigenvalue weighted by Gasteiger charge is -2.04. The zero-order valence-electron chi connectivity index (χ0n) is 11.6. The Morgan fingerprint density at radius 2 is 2.27 bits per heavy atom. The van der Waals surface area contributed by atoms with Crippen molar-refractivity contribution in [3.8, 4) is 0 Å². The first-order valence-electron chi connectivity index (χ1n) is 6.36. The van der Waals surface area contributed by atoms with Gasteiger partial charge in [0.05, 0.1) is 5.75 Å². The number of anilines is 1. The van der Waals surface area contributed by atoms with Crippen molar-refractivity contribution in [2.45, 2.75) is 17.0 Å². The third kappa shape index (κ3) is 5.42. The van der Waals surface area contributed by atoms with Crippen molar-refractivity contribution in [3.05, 3.63) is 34.6 Å². The fraction of sp³-hybridized carbons (Fsp3) is 0.308. The van der Waals surface area contributed by atoms with E-state index in [9.17, 15) is 9.18 Å². The summed E-state index contributed by atoms with van der Waals surface area (Å²) in [5, 5.41) is 11.4. The van der Waals surface area contributed by atoms with Gasteiger partial charge in [0.1, 0.15) is 5.82 Å². The Labute approximate surface area is 145 Å². The first-order valence-corrected chi connectivity index (χ1v) is 9.69. The van der Waals surface area contributed by atoms with E-state index in [0.29, 0.717) is 21.5 Å². The van der Waals surface area contributed by atoms with E-state index in [0.717, 1.165) is 10.1 Å². The lowest BCUT2D eigenvalue weighted by atomic mass is 10.2. The van der Waals surface area contributed by atoms with E-state index in [-0.39, 0.29) is 17.5 Å². The van der Waals surface area contributed by atoms with Crippen LogP contribution in [0.3, 0.4) is 0 Å². The third-order valence-electron chi connectivity index (χ3n) is 2.43. The lowest BCUT2D eigenvalue weighted by Crippen LogP contribution is -2.14. The first kappa shape index (κ1) is 17.5. The Kier molecular flexibility index (Phi) is 6.94. The number of thioether (sulfide) groups is 2. The van der Waals surface area contributed by atoms with Crippen LogP contribution in [0.2, 0.25) is 5.02 Å². The van der Waals surface area contributed by atoms with Gasteiger partial charge in [-0.1, -0.05) is 47.7 Å². The Hall–Kier alpha value is -0.830. The number of amides is 1. The molecule has 0 unspecified atom stereocenters. The molecule has 118 valence electrons. The highest BCUT2D eigenvalue weighted by atomic mass is 35.5. The highest BCUT2D eigenvalue weighted by Crippen LogP contribution is 2.25. The molecule has 22 heavy (non-hydrogen) atoms. The number of carbonyl (C=O) groups is 1. The summed E-state index contributed by atoms with van der Waals surface area (Å²) < 4.78 is 14.4. The maximum absolute atomic E-state index is 13.6. The van der Waals surface area contributed by atoms with Crippen molar-refractivity contribution in [3.63, 3.8) is 0 Å². The Morgan fingerprint density at radius 3 is 3.00 bits per heavy atom. The summed E-state index contributed by atoms with van der Waals surface area (Å²) in [5.41, 5.74) is 0.528. The molecule has 0 atom stereocenters. The predicted octanol–water partition coefficient (Wildman–Crippen LogP) is 4.31. The molecule has 4 nitrogen and oxygen atoms in total. The molecule has 0 fully saturated rings. The second-order valence-electron chi connectivity index (χ2n) is 4.08. The highest BCUT2D eigenvalue weighted by Gasteiger charge is 2.09. The van der Waals surface area contributed by atoms with E-state index >= 15 is 0 Å². The van der Waals surface area contributed by atoms with Crippen LogP contribution in [0.15, 0.2) is 22.5 Å². The molecule has 1 aromatic heterocycles. The number of rotatable bonds is 7. The minimum atomic E-state index is -0.356. The number of carbonyl (C=O) groups excluding carboxylic acids is 1. The van der Waals surface area contributed by atoms with Crippen LogP contribution in [0.5, 0.6) is 0 Å². The largest absolute Gasteiger partial charge is 0.300 e. The molecule has 0 saturated carbocycles. The smallest absolute Gasteiger partial charge is 0.236 e. The van der Waals surface area contributed by atoms with E-state index in [1.807, 2.05) is 6.92 Å². The molecule has 2 rings (SSSR count). The number of hydrogen-bond acceptors (Lipinski definition) is 6. The summed E-state index contributed by atoms with van der Waals surface area (Å²) in [6, 6.07) is 4.53. The lowest BCUT2D eigenvalue weighted by molar-refractivity contribution is -0.113. The van der Waals surface area contributed by atoms with Crippen LogP contribution in [0.1, 0.15) is 12.5 Å². The quantitative estimate of drug-likeness (QED) is 0.575. The molecule has 0 aliphatic carbocycles. The number of aromatic nitrogens is 2. The molecule has 1 heterocycles. The van der Waals surface area contributed by atoms with E-state index in [1.165, 1.54) is 29.2 Å². The van der Waals surface area contributed by atoms with Gasteiger partial charge < -0.3 is 0 Å². The molecule has 0 spiro atoms. The Bertz CT molecular complexity index is 653. The van der Waals surface area contributed by atoms with Crippen LogP contribution in [-0.2, 0) is 10.5 Å². The molecule has 1 N–H and O–H groups in total. The van der Waals surface area contributed by atoms with Gasteiger partial charge in [0, 0.05) is 10.8 Å². The SMILES string of the molecule is CCSc1nnc(NC(=O)CSCc2ccc(Cl)cc2F)s1. The van der Waals surface area contributed by atoms with Gasteiger partial charge in [-0.25, -0.2) is 4.39 Å². The summed E-state index contributed by atoms with van der Waals surface area (Å²) in [7, 11) is 0. The number of halogens is 2. The number of benzene rings is 1. The monoisotopic (exact) mass is 377 g/mol. The van der Waals surface area contributed by atoms with Crippen LogP contribution >= 0.6 is 46.5 Å². The molecule has 0 aliphatic rings. The molecule has 0 aliphatic heterocycles. The summed E-state index contributed by atoms with van der Waals surface area (Å²) in [4.78, 5) is 11.8. The molecule has 2 aromatic rings. The van der Waals surface area contributed by atoms with E-state index in [4.69, 9.17) is 11.6 Å². The van der Waals surface area contributed by atoms with Gasteiger partial charge in [-0.3, -0.25) is 10.1 Å². The topological polar surface area (TPSA) is 54.9 Å². The molecule has 1 amide bonds. The van der Waals surface area contributed by atoms with E-state index in [1.54, 1.807) is 23.9 Å². The van der Waals surface area contributed by atoms with Crippen molar-refractivity contribution in [1.29, 1.82) is 0 Å². The molecule has 1 aromatic carbocycles. The number of nitrogens with zero attached hydrogens (tertiary/aromatic N) is 2. The summed E-state index contributed by atoms with van der Waals surface area (Å²) >= 11 is 9.94. The molecule has 0 radical (unpaired) electrons. The maximum atomic E-state index is 13.6. The van der Waals surface area contributed by atoms with Crippen LogP contribution in [0, 0.1) is 5.82 Å². The first-order chi connectivity index (χ1) is 10.6. The standard InChI is InChI=1S/C13H13ClFN3OS3/c1-2-21-13-18-17-12(22-13)16-11(19)7-20-6-8-3-4-9(14)5-10(8)15/h3-5H,2,6-7H2,1H3,(H,16,17,19). The van der Waals surface area contributed by atoms with Gasteiger partial charge in [0.15, 0.2) is 4.34 Å². The Balaban J connectivity index is 1.77. The zero-order valence-corrected chi connectivity index (χ0v) is 14.8. The fourth-order valence-corrected chi connectivity index (χ4v) is 4.13. The van der Waals surface area contributed by atoms with Gasteiger partial charge >= 0.3 is 0 Å². The Morgan fingerprint density at radius 1 is 1.45 bits per heavy atom. The third-order valence-corrected chi connectivity index (χ3v) is 5.50. The molecule has 0 bridgehead atoms. The van der Waals surface area contributed by atoms with Crippen LogP contribution in [-0.4, -0.2) is 27.6 Å². The van der Waals surface area contributed by atoms with Crippen molar-refractivity contribution in [2.24, 2.45) is 0 Å². The maximum Gasteiger partial charge on any atom is 0.236 e. The highest BCUT2D eigenvalue weighted by molar-refractivity contribution is 8.01. The molecular weight excluding hydrogens is 365 g/mol. The molecule has 9 heteroatoms.